The fraction of sp³-hybridized carbons (Fsp3) is 0.500. The third kappa shape index (κ3) is 3.54. The van der Waals surface area contributed by atoms with E-state index in [0.717, 1.165) is 6.42 Å². The Labute approximate surface area is 104 Å². The van der Waals surface area contributed by atoms with Crippen LogP contribution in [0.5, 0.6) is 5.75 Å². The zero-order valence-electron chi connectivity index (χ0n) is 9.42. The van der Waals surface area contributed by atoms with Crippen molar-refractivity contribution >= 4 is 11.6 Å². The highest BCUT2D eigenvalue weighted by molar-refractivity contribution is 6.30. The molecule has 1 aliphatic rings. The van der Waals surface area contributed by atoms with Crippen molar-refractivity contribution in [1.29, 1.82) is 0 Å². The molecule has 0 bridgehead atoms. The summed E-state index contributed by atoms with van der Waals surface area (Å²) in [6, 6.07) is 5.15. The second-order valence-electron chi connectivity index (χ2n) is 4.33. The van der Waals surface area contributed by atoms with Gasteiger partial charge >= 0.3 is 6.61 Å². The first-order valence-electron chi connectivity index (χ1n) is 5.53. The molecule has 1 N–H and O–H groups in total. The van der Waals surface area contributed by atoms with Gasteiger partial charge in [-0.2, -0.15) is 8.78 Å². The molecule has 5 heteroatoms. The summed E-state index contributed by atoms with van der Waals surface area (Å²) in [7, 11) is 0. The van der Waals surface area contributed by atoms with Crippen molar-refractivity contribution in [3.8, 4) is 5.75 Å². The number of nitrogens with one attached hydrogen (secondary N) is 1. The van der Waals surface area contributed by atoms with Crippen molar-refractivity contribution in [2.45, 2.75) is 32.5 Å². The lowest BCUT2D eigenvalue weighted by atomic mass is 10.2. The predicted molar refractivity (Wildman–Crippen MR) is 62.5 cm³/mol. The maximum Gasteiger partial charge on any atom is 0.387 e. The van der Waals surface area contributed by atoms with Gasteiger partial charge in [0.2, 0.25) is 0 Å². The second-order valence-corrected chi connectivity index (χ2v) is 4.77. The molecule has 2 atom stereocenters. The summed E-state index contributed by atoms with van der Waals surface area (Å²) in [6.07, 6.45) is 1.13. The molecule has 0 saturated heterocycles. The number of ether oxygens (including phenoxy) is 1. The number of halogens is 3. The zero-order chi connectivity index (χ0) is 12.4. The SMILES string of the molecule is CC1CC1NCc1cc(Cl)ccc1OC(F)F. The molecule has 17 heavy (non-hydrogen) atoms. The van der Waals surface area contributed by atoms with Gasteiger partial charge in [-0.25, -0.2) is 0 Å². The first-order valence-corrected chi connectivity index (χ1v) is 5.90. The van der Waals surface area contributed by atoms with Crippen LogP contribution in [0.25, 0.3) is 0 Å². The molecule has 0 spiro atoms. The lowest BCUT2D eigenvalue weighted by molar-refractivity contribution is -0.0504. The molecule has 0 radical (unpaired) electrons. The largest absolute Gasteiger partial charge is 0.434 e. The van der Waals surface area contributed by atoms with Crippen molar-refractivity contribution in [2.75, 3.05) is 0 Å². The summed E-state index contributed by atoms with van der Waals surface area (Å²) < 4.78 is 28.8. The van der Waals surface area contributed by atoms with Crippen molar-refractivity contribution in [3.63, 3.8) is 0 Å². The van der Waals surface area contributed by atoms with Crippen LogP contribution in [-0.2, 0) is 6.54 Å². The minimum Gasteiger partial charge on any atom is -0.434 e. The van der Waals surface area contributed by atoms with Gasteiger partial charge in [0.05, 0.1) is 0 Å². The summed E-state index contributed by atoms with van der Waals surface area (Å²) in [5.41, 5.74) is 0.664. The van der Waals surface area contributed by atoms with Gasteiger partial charge in [0.25, 0.3) is 0 Å². The van der Waals surface area contributed by atoms with Crippen molar-refractivity contribution in [3.05, 3.63) is 28.8 Å². The zero-order valence-corrected chi connectivity index (χ0v) is 10.2. The van der Waals surface area contributed by atoms with E-state index in [4.69, 9.17) is 11.6 Å². The Bertz CT molecular complexity index is 400. The Morgan fingerprint density at radius 3 is 2.82 bits per heavy atom. The molecule has 2 rings (SSSR count). The Morgan fingerprint density at radius 1 is 1.53 bits per heavy atom. The van der Waals surface area contributed by atoms with Gasteiger partial charge < -0.3 is 10.1 Å². The molecule has 1 fully saturated rings. The van der Waals surface area contributed by atoms with E-state index in [2.05, 4.69) is 17.0 Å². The normalized spacial score (nSPS) is 22.9. The van der Waals surface area contributed by atoms with Crippen LogP contribution in [0.1, 0.15) is 18.9 Å². The first kappa shape index (κ1) is 12.6. The quantitative estimate of drug-likeness (QED) is 0.877. The van der Waals surface area contributed by atoms with Crippen LogP contribution in [0.2, 0.25) is 5.02 Å². The molecule has 94 valence electrons. The van der Waals surface area contributed by atoms with Crippen molar-refractivity contribution < 1.29 is 13.5 Å². The molecule has 0 aliphatic heterocycles. The summed E-state index contributed by atoms with van der Waals surface area (Å²) in [6.45, 7) is -0.168. The van der Waals surface area contributed by atoms with Crippen LogP contribution in [0.15, 0.2) is 18.2 Å². The van der Waals surface area contributed by atoms with Crippen LogP contribution >= 0.6 is 11.6 Å². The predicted octanol–water partition coefficient (Wildman–Crippen LogP) is 3.44. The number of rotatable bonds is 5. The molecule has 1 aromatic carbocycles. The van der Waals surface area contributed by atoms with Crippen molar-refractivity contribution in [1.82, 2.24) is 5.32 Å². The molecule has 2 nitrogen and oxygen atoms in total. The fourth-order valence-corrected chi connectivity index (χ4v) is 1.94. The second kappa shape index (κ2) is 5.19. The van der Waals surface area contributed by atoms with Gasteiger partial charge in [-0.15, -0.1) is 0 Å². The Hall–Kier alpha value is -0.870. The van der Waals surface area contributed by atoms with Gasteiger partial charge in [-0.3, -0.25) is 0 Å². The van der Waals surface area contributed by atoms with Crippen LogP contribution in [0, 0.1) is 5.92 Å². The maximum atomic E-state index is 12.2. The van der Waals surface area contributed by atoms with E-state index < -0.39 is 6.61 Å². The lowest BCUT2D eigenvalue weighted by Gasteiger charge is -2.11. The van der Waals surface area contributed by atoms with E-state index in [1.165, 1.54) is 6.07 Å². The third-order valence-corrected chi connectivity index (χ3v) is 3.14. The molecule has 0 amide bonds. The standard InChI is InChI=1S/C12H14ClF2NO/c1-7-4-10(7)16-6-8-5-9(13)2-3-11(8)17-12(14)15/h2-3,5,7,10,12,16H,4,6H2,1H3. The molecule has 1 saturated carbocycles. The Balaban J connectivity index is 2.03. The summed E-state index contributed by atoms with van der Waals surface area (Å²) >= 11 is 5.84. The number of benzene rings is 1. The third-order valence-electron chi connectivity index (χ3n) is 2.90. The highest BCUT2D eigenvalue weighted by Gasteiger charge is 2.31. The highest BCUT2D eigenvalue weighted by Crippen LogP contribution is 2.30. The number of alkyl halides is 2. The minimum absolute atomic E-state index is 0.185. The molecule has 0 heterocycles. The molecule has 0 aromatic heterocycles. The van der Waals surface area contributed by atoms with Crippen LogP contribution in [0.4, 0.5) is 8.78 Å². The van der Waals surface area contributed by atoms with Gasteiger partial charge in [0, 0.05) is 23.2 Å². The highest BCUT2D eigenvalue weighted by atomic mass is 35.5. The Morgan fingerprint density at radius 2 is 2.24 bits per heavy atom. The summed E-state index contributed by atoms with van der Waals surface area (Å²) in [4.78, 5) is 0. The average molecular weight is 262 g/mol. The van der Waals surface area contributed by atoms with Crippen molar-refractivity contribution in [2.24, 2.45) is 5.92 Å². The van der Waals surface area contributed by atoms with E-state index in [-0.39, 0.29) is 5.75 Å². The van der Waals surface area contributed by atoms with Gasteiger partial charge in [0.1, 0.15) is 5.75 Å². The van der Waals surface area contributed by atoms with E-state index in [1.54, 1.807) is 12.1 Å². The number of hydrogen-bond acceptors (Lipinski definition) is 2. The number of hydrogen-bond donors (Lipinski definition) is 1. The van der Waals surface area contributed by atoms with E-state index in [9.17, 15) is 8.78 Å². The monoisotopic (exact) mass is 261 g/mol. The lowest BCUT2D eigenvalue weighted by Crippen LogP contribution is -2.18. The van der Waals surface area contributed by atoms with E-state index >= 15 is 0 Å². The minimum atomic E-state index is -2.81. The maximum absolute atomic E-state index is 12.2. The first-order chi connectivity index (χ1) is 8.06. The van der Waals surface area contributed by atoms with Crippen LogP contribution < -0.4 is 10.1 Å². The van der Waals surface area contributed by atoms with Crippen LogP contribution in [0.3, 0.4) is 0 Å². The van der Waals surface area contributed by atoms with Gasteiger partial charge in [-0.05, 0) is 30.5 Å². The summed E-state index contributed by atoms with van der Waals surface area (Å²) in [5.74, 6) is 0.846. The van der Waals surface area contributed by atoms with E-state index in [1.807, 2.05) is 0 Å². The van der Waals surface area contributed by atoms with E-state index in [0.29, 0.717) is 29.1 Å². The topological polar surface area (TPSA) is 21.3 Å². The molecule has 2 unspecified atom stereocenters. The average Bonchev–Trinajstić information content (AvgIpc) is 2.94. The van der Waals surface area contributed by atoms with Gasteiger partial charge in [0.15, 0.2) is 0 Å². The molecular weight excluding hydrogens is 248 g/mol. The Kier molecular flexibility index (Phi) is 3.84. The molecule has 1 aromatic rings. The van der Waals surface area contributed by atoms with Gasteiger partial charge in [-0.1, -0.05) is 18.5 Å². The molecule has 1 aliphatic carbocycles. The molecular formula is C12H14ClF2NO. The smallest absolute Gasteiger partial charge is 0.387 e. The summed E-state index contributed by atoms with van der Waals surface area (Å²) in [5, 5.41) is 3.80. The van der Waals surface area contributed by atoms with Crippen LogP contribution in [-0.4, -0.2) is 12.7 Å². The fourth-order valence-electron chi connectivity index (χ4n) is 1.74.